The van der Waals surface area contributed by atoms with Gasteiger partial charge in [0.25, 0.3) is 5.56 Å². The third-order valence-electron chi connectivity index (χ3n) is 6.26. The minimum Gasteiger partial charge on any atom is -0.461 e. The first-order valence-electron chi connectivity index (χ1n) is 12.1. The number of thiophene rings is 1. The molecule has 3 heterocycles. The second kappa shape index (κ2) is 10.9. The number of nitrogens with one attached hydrogen (secondary N) is 1. The van der Waals surface area contributed by atoms with Crippen molar-refractivity contribution in [1.82, 2.24) is 19.7 Å². The number of ether oxygens (including phenoxy) is 1. The number of rotatable bonds is 8. The van der Waals surface area contributed by atoms with Gasteiger partial charge < -0.3 is 4.74 Å². The van der Waals surface area contributed by atoms with Crippen molar-refractivity contribution in [2.75, 3.05) is 11.9 Å². The van der Waals surface area contributed by atoms with Crippen LogP contribution in [-0.4, -0.2) is 38.2 Å². The van der Waals surface area contributed by atoms with Crippen molar-refractivity contribution in [2.45, 2.75) is 78.2 Å². The lowest BCUT2D eigenvalue weighted by atomic mass is 9.90. The Hall–Kier alpha value is -2.66. The molecule has 188 valence electrons. The number of anilines is 1. The maximum Gasteiger partial charge on any atom is 0.348 e. The van der Waals surface area contributed by atoms with E-state index in [-0.39, 0.29) is 17.4 Å². The Morgan fingerprint density at radius 2 is 1.94 bits per heavy atom. The van der Waals surface area contributed by atoms with E-state index < -0.39 is 12.0 Å². The van der Waals surface area contributed by atoms with Crippen molar-refractivity contribution in [2.24, 2.45) is 5.92 Å². The molecule has 0 aromatic carbocycles. The number of hydrogen-bond acceptors (Lipinski definition) is 9. The molecule has 0 aliphatic heterocycles. The van der Waals surface area contributed by atoms with Crippen LogP contribution in [0, 0.1) is 12.8 Å². The van der Waals surface area contributed by atoms with E-state index >= 15 is 0 Å². The van der Waals surface area contributed by atoms with Crippen molar-refractivity contribution in [3.8, 4) is 0 Å². The van der Waals surface area contributed by atoms with Gasteiger partial charge in [0.1, 0.15) is 20.8 Å². The first-order valence-corrected chi connectivity index (χ1v) is 13.7. The average Bonchev–Trinajstić information content (AvgIpc) is 3.44. The van der Waals surface area contributed by atoms with E-state index in [2.05, 4.69) is 20.5 Å². The number of esters is 1. The summed E-state index contributed by atoms with van der Waals surface area (Å²) in [6.07, 6.45) is 7.63. The van der Waals surface area contributed by atoms with Crippen molar-refractivity contribution in [1.29, 1.82) is 0 Å². The van der Waals surface area contributed by atoms with E-state index in [9.17, 15) is 14.4 Å². The molecule has 9 nitrogen and oxygen atoms in total. The summed E-state index contributed by atoms with van der Waals surface area (Å²) in [5.41, 5.74) is 0.177. The van der Waals surface area contributed by atoms with Crippen LogP contribution in [0.2, 0.25) is 0 Å². The smallest absolute Gasteiger partial charge is 0.348 e. The summed E-state index contributed by atoms with van der Waals surface area (Å²) in [6, 6.07) is -0.767. The van der Waals surface area contributed by atoms with Gasteiger partial charge in [-0.15, -0.1) is 21.5 Å². The summed E-state index contributed by atoms with van der Waals surface area (Å²) in [4.78, 5) is 44.3. The van der Waals surface area contributed by atoms with Gasteiger partial charge >= 0.3 is 5.97 Å². The topological polar surface area (TPSA) is 116 Å². The maximum absolute atomic E-state index is 13.4. The molecular formula is C24H31N5O4S2. The van der Waals surface area contributed by atoms with Gasteiger partial charge in [-0.3, -0.25) is 19.5 Å². The monoisotopic (exact) mass is 517 g/mol. The minimum absolute atomic E-state index is 0.208. The molecule has 1 atom stereocenters. The zero-order chi connectivity index (χ0) is 25.1. The normalized spacial score (nSPS) is 15.5. The van der Waals surface area contributed by atoms with Crippen LogP contribution in [0.3, 0.4) is 0 Å². The summed E-state index contributed by atoms with van der Waals surface area (Å²) in [5.74, 6) is -0.183. The zero-order valence-corrected chi connectivity index (χ0v) is 22.1. The van der Waals surface area contributed by atoms with Gasteiger partial charge in [-0.1, -0.05) is 51.4 Å². The number of amides is 1. The zero-order valence-electron chi connectivity index (χ0n) is 20.5. The van der Waals surface area contributed by atoms with Gasteiger partial charge in [-0.25, -0.2) is 9.78 Å². The number of hydrogen-bond donors (Lipinski definition) is 1. The lowest BCUT2D eigenvalue weighted by molar-refractivity contribution is -0.119. The third kappa shape index (κ3) is 5.45. The molecular weight excluding hydrogens is 486 g/mol. The summed E-state index contributed by atoms with van der Waals surface area (Å²) in [7, 11) is 0. The molecule has 4 rings (SSSR count). The predicted octanol–water partition coefficient (Wildman–Crippen LogP) is 5.07. The number of nitrogens with zero attached hydrogens (tertiary/aromatic N) is 4. The lowest BCUT2D eigenvalue weighted by Gasteiger charge is -2.18. The molecule has 0 bridgehead atoms. The Morgan fingerprint density at radius 3 is 2.63 bits per heavy atom. The molecule has 11 heteroatoms. The molecule has 3 aromatic heterocycles. The van der Waals surface area contributed by atoms with Gasteiger partial charge in [-0.2, -0.15) is 0 Å². The maximum atomic E-state index is 13.4. The molecule has 1 unspecified atom stereocenters. The predicted molar refractivity (Wildman–Crippen MR) is 137 cm³/mol. The van der Waals surface area contributed by atoms with Crippen LogP contribution in [0.15, 0.2) is 11.1 Å². The van der Waals surface area contributed by atoms with E-state index in [4.69, 9.17) is 4.74 Å². The molecule has 0 spiro atoms. The molecule has 1 aliphatic rings. The lowest BCUT2D eigenvalue weighted by Crippen LogP contribution is -2.33. The van der Waals surface area contributed by atoms with E-state index in [1.54, 1.807) is 6.92 Å². The summed E-state index contributed by atoms with van der Waals surface area (Å²) in [5, 5.41) is 13.0. The fourth-order valence-corrected chi connectivity index (χ4v) is 6.31. The van der Waals surface area contributed by atoms with Gasteiger partial charge in [0.15, 0.2) is 0 Å². The van der Waals surface area contributed by atoms with Crippen LogP contribution in [0.5, 0.6) is 0 Å². The first kappa shape index (κ1) is 25.4. The Labute approximate surface area is 211 Å². The van der Waals surface area contributed by atoms with Crippen LogP contribution in [0.1, 0.15) is 91.5 Å². The average molecular weight is 518 g/mol. The number of aryl methyl sites for hydroxylation is 1. The molecule has 35 heavy (non-hydrogen) atoms. The van der Waals surface area contributed by atoms with E-state index in [0.29, 0.717) is 44.7 Å². The highest BCUT2D eigenvalue weighted by Gasteiger charge is 2.26. The van der Waals surface area contributed by atoms with Crippen molar-refractivity contribution in [3.63, 3.8) is 0 Å². The molecule has 1 aliphatic carbocycles. The Bertz CT molecular complexity index is 1270. The van der Waals surface area contributed by atoms with Gasteiger partial charge in [0.2, 0.25) is 11.0 Å². The van der Waals surface area contributed by atoms with Crippen LogP contribution >= 0.6 is 22.7 Å². The molecule has 1 N–H and O–H groups in total. The highest BCUT2D eigenvalue weighted by atomic mass is 32.1. The van der Waals surface area contributed by atoms with E-state index in [0.717, 1.165) is 29.2 Å². The van der Waals surface area contributed by atoms with Crippen LogP contribution in [0.25, 0.3) is 10.2 Å². The molecule has 1 saturated carbocycles. The number of aromatic nitrogens is 4. The van der Waals surface area contributed by atoms with Crippen molar-refractivity contribution in [3.05, 3.63) is 32.1 Å². The van der Waals surface area contributed by atoms with Crippen LogP contribution in [0.4, 0.5) is 5.13 Å². The Morgan fingerprint density at radius 1 is 1.20 bits per heavy atom. The highest BCUT2D eigenvalue weighted by molar-refractivity contribution is 7.20. The van der Waals surface area contributed by atoms with Crippen LogP contribution in [-0.2, 0) is 9.53 Å². The second-order valence-corrected chi connectivity index (χ2v) is 11.4. The molecule has 0 saturated heterocycles. The standard InChI is InChI=1S/C24H31N5O4S2/c1-5-16(19(30)26-24-28-27-20(35-24)15-9-7-6-8-10-15)29-12-25-21-17(22(29)31)14(4)18(34-21)23(32)33-11-13(2)3/h12-13,15-16H,5-11H2,1-4H3,(H,26,28,30). The fourth-order valence-electron chi connectivity index (χ4n) is 4.36. The first-order chi connectivity index (χ1) is 16.8. The van der Waals surface area contributed by atoms with E-state index in [1.807, 2.05) is 20.8 Å². The summed E-state index contributed by atoms with van der Waals surface area (Å²) < 4.78 is 6.68. The SMILES string of the molecule is CCC(C(=O)Nc1nnc(C2CCCCC2)s1)n1cnc2sc(C(=O)OCC(C)C)c(C)c2c1=O. The number of carbonyl (C=O) groups is 2. The number of carbonyl (C=O) groups excluding carboxylic acids is 2. The Balaban J connectivity index is 1.56. The molecule has 3 aromatic rings. The highest BCUT2D eigenvalue weighted by Crippen LogP contribution is 2.35. The van der Waals surface area contributed by atoms with Crippen molar-refractivity contribution >= 4 is 49.9 Å². The molecule has 1 fully saturated rings. The Kier molecular flexibility index (Phi) is 7.95. The largest absolute Gasteiger partial charge is 0.461 e. The van der Waals surface area contributed by atoms with Gasteiger partial charge in [-0.05, 0) is 37.7 Å². The summed E-state index contributed by atoms with van der Waals surface area (Å²) in [6.45, 7) is 7.77. The van der Waals surface area contributed by atoms with Gasteiger partial charge in [0.05, 0.1) is 18.3 Å². The summed E-state index contributed by atoms with van der Waals surface area (Å²) >= 11 is 2.54. The quantitative estimate of drug-likeness (QED) is 0.415. The fraction of sp³-hybridized carbons (Fsp3) is 0.583. The third-order valence-corrected chi connectivity index (χ3v) is 8.44. The van der Waals surface area contributed by atoms with Gasteiger partial charge in [0, 0.05) is 5.92 Å². The van der Waals surface area contributed by atoms with Crippen LogP contribution < -0.4 is 10.9 Å². The molecule has 0 radical (unpaired) electrons. The second-order valence-electron chi connectivity index (χ2n) is 9.38. The van der Waals surface area contributed by atoms with E-state index in [1.165, 1.54) is 41.5 Å². The molecule has 1 amide bonds. The number of fused-ring (bicyclic) bond motifs is 1. The minimum atomic E-state index is -0.767. The van der Waals surface area contributed by atoms with Crippen molar-refractivity contribution < 1.29 is 14.3 Å².